The maximum Gasteiger partial charge on any atom is 0.250 e. The molecule has 2 saturated heterocycles. The van der Waals surface area contributed by atoms with Gasteiger partial charge in [0.15, 0.2) is 11.7 Å². The first kappa shape index (κ1) is 28.3. The largest absolute Gasteiger partial charge is 0.471 e. The molecule has 0 radical (unpaired) electrons. The molecule has 3 aromatic heterocycles. The zero-order valence-corrected chi connectivity index (χ0v) is 23.5. The molecule has 6 rings (SSSR count). The van der Waals surface area contributed by atoms with E-state index in [2.05, 4.69) is 24.6 Å². The number of nitrogens with two attached hydrogens (primary N) is 1. The third-order valence-corrected chi connectivity index (χ3v) is 8.08. The van der Waals surface area contributed by atoms with Gasteiger partial charge < -0.3 is 25.0 Å². The van der Waals surface area contributed by atoms with Gasteiger partial charge in [-0.25, -0.2) is 18.7 Å². The molecule has 13 heteroatoms. The predicted octanol–water partition coefficient (Wildman–Crippen LogP) is 4.60. The number of nitrogens with zero attached hydrogens (tertiary/aromatic N) is 6. The monoisotopic (exact) mass is 597 g/mol. The second kappa shape index (κ2) is 12.2. The number of aromatic nitrogens is 4. The molecule has 3 N–H and O–H groups in total. The summed E-state index contributed by atoms with van der Waals surface area (Å²) in [4.78, 5) is 16.0. The Labute approximate surface area is 245 Å². The van der Waals surface area contributed by atoms with Gasteiger partial charge in [0.25, 0.3) is 5.88 Å². The number of fused-ring (bicyclic) bond motifs is 1. The van der Waals surface area contributed by atoms with Gasteiger partial charge in [-0.3, -0.25) is 9.88 Å². The highest BCUT2D eigenvalue weighted by molar-refractivity contribution is 6.30. The molecule has 1 unspecified atom stereocenters. The van der Waals surface area contributed by atoms with Crippen LogP contribution in [0, 0.1) is 11.6 Å². The van der Waals surface area contributed by atoms with Gasteiger partial charge in [0.2, 0.25) is 0 Å². The molecule has 5 heterocycles. The fourth-order valence-electron chi connectivity index (χ4n) is 5.36. The van der Waals surface area contributed by atoms with E-state index in [-0.39, 0.29) is 40.9 Å². The average molecular weight is 598 g/mol. The zero-order valence-electron chi connectivity index (χ0n) is 22.7. The molecule has 0 spiro atoms. The van der Waals surface area contributed by atoms with E-state index < -0.39 is 11.6 Å². The van der Waals surface area contributed by atoms with Crippen LogP contribution in [0.5, 0.6) is 5.88 Å². The van der Waals surface area contributed by atoms with Crippen LogP contribution < -0.4 is 10.5 Å². The number of amidine groups is 1. The molecule has 10 nitrogen and oxygen atoms in total. The number of rotatable bonds is 9. The summed E-state index contributed by atoms with van der Waals surface area (Å²) in [5.74, 6) is -0.299. The maximum absolute atomic E-state index is 14.5. The number of piperidine rings is 1. The lowest BCUT2D eigenvalue weighted by atomic mass is 9.93. The van der Waals surface area contributed by atoms with Crippen molar-refractivity contribution in [1.29, 1.82) is 0 Å². The molecule has 1 atom stereocenters. The summed E-state index contributed by atoms with van der Waals surface area (Å²) >= 11 is 5.81. The Morgan fingerprint density at radius 2 is 1.93 bits per heavy atom. The number of imidazole rings is 1. The Hall–Kier alpha value is -3.87. The van der Waals surface area contributed by atoms with Crippen molar-refractivity contribution in [2.24, 2.45) is 10.9 Å². The molecule has 4 aromatic rings. The molecule has 1 aromatic carbocycles. The van der Waals surface area contributed by atoms with E-state index in [9.17, 15) is 8.78 Å². The molecule has 2 aliphatic heterocycles. The highest BCUT2D eigenvalue weighted by atomic mass is 35.5. The highest BCUT2D eigenvalue weighted by Gasteiger charge is 2.26. The number of hydrogen-bond donors (Lipinski definition) is 2. The molecular formula is C29H30ClF2N7O3. The number of likely N-dealkylation sites (tertiary alicyclic amines) is 1. The first-order valence-electron chi connectivity index (χ1n) is 13.8. The summed E-state index contributed by atoms with van der Waals surface area (Å²) in [5, 5.41) is 12.4. The van der Waals surface area contributed by atoms with Crippen LogP contribution in [-0.2, 0) is 24.4 Å². The van der Waals surface area contributed by atoms with Crippen molar-refractivity contribution in [3.05, 3.63) is 82.0 Å². The van der Waals surface area contributed by atoms with Gasteiger partial charge in [0.05, 0.1) is 36.4 Å². The van der Waals surface area contributed by atoms with Crippen molar-refractivity contribution in [2.45, 2.75) is 51.0 Å². The lowest BCUT2D eigenvalue weighted by Crippen LogP contribution is -2.35. The van der Waals surface area contributed by atoms with Gasteiger partial charge in [0, 0.05) is 28.8 Å². The van der Waals surface area contributed by atoms with Crippen LogP contribution in [0.3, 0.4) is 0 Å². The molecular weight excluding hydrogens is 568 g/mol. The number of ether oxygens (including phenoxy) is 2. The first-order chi connectivity index (χ1) is 20.4. The van der Waals surface area contributed by atoms with Gasteiger partial charge in [-0.2, -0.15) is 0 Å². The van der Waals surface area contributed by atoms with Crippen molar-refractivity contribution in [3.8, 4) is 5.88 Å². The Morgan fingerprint density at radius 1 is 1.12 bits per heavy atom. The third-order valence-electron chi connectivity index (χ3n) is 7.85. The summed E-state index contributed by atoms with van der Waals surface area (Å²) < 4.78 is 42.0. The minimum Gasteiger partial charge on any atom is -0.471 e. The van der Waals surface area contributed by atoms with Crippen LogP contribution in [0.2, 0.25) is 5.02 Å². The van der Waals surface area contributed by atoms with E-state index in [1.54, 1.807) is 24.4 Å². The lowest BCUT2D eigenvalue weighted by Gasteiger charge is -2.32. The standard InChI is InChI=1S/C29H30ClF2N7O3/c30-19-2-1-18(22(32)11-19)16-42-29-21(31)3-4-23(36-29)17-5-8-38(9-6-17)15-27-35-24-12-25(28(33)37-40)34-13-26(24)39(27)14-20-7-10-41-20/h1-4,11-13,17,20,40H,5-10,14-16H2,(H2,33,37). The maximum atomic E-state index is 14.5. The van der Waals surface area contributed by atoms with E-state index in [1.807, 2.05) is 0 Å². The normalized spacial score (nSPS) is 18.4. The molecule has 0 amide bonds. The number of halogens is 3. The first-order valence-corrected chi connectivity index (χ1v) is 14.2. The second-order valence-corrected chi connectivity index (χ2v) is 11.0. The van der Waals surface area contributed by atoms with Crippen LogP contribution in [0.1, 0.15) is 48.0 Å². The number of oxime groups is 1. The van der Waals surface area contributed by atoms with E-state index in [1.165, 1.54) is 18.2 Å². The molecule has 2 fully saturated rings. The van der Waals surface area contributed by atoms with E-state index in [4.69, 9.17) is 37.0 Å². The van der Waals surface area contributed by atoms with E-state index in [0.29, 0.717) is 18.8 Å². The van der Waals surface area contributed by atoms with Crippen molar-refractivity contribution in [1.82, 2.24) is 24.4 Å². The molecule has 0 saturated carbocycles. The highest BCUT2D eigenvalue weighted by Crippen LogP contribution is 2.31. The van der Waals surface area contributed by atoms with Crippen molar-refractivity contribution in [2.75, 3.05) is 19.7 Å². The van der Waals surface area contributed by atoms with E-state index in [0.717, 1.165) is 61.5 Å². The Morgan fingerprint density at radius 3 is 2.64 bits per heavy atom. The van der Waals surface area contributed by atoms with Crippen LogP contribution >= 0.6 is 11.6 Å². The molecule has 0 aliphatic carbocycles. The topological polar surface area (TPSA) is 124 Å². The fourth-order valence-corrected chi connectivity index (χ4v) is 5.52. The predicted molar refractivity (Wildman–Crippen MR) is 152 cm³/mol. The van der Waals surface area contributed by atoms with Crippen molar-refractivity contribution < 1.29 is 23.5 Å². The molecule has 42 heavy (non-hydrogen) atoms. The van der Waals surface area contributed by atoms with Crippen LogP contribution in [-0.4, -0.2) is 61.3 Å². The molecule has 0 bridgehead atoms. The summed E-state index contributed by atoms with van der Waals surface area (Å²) in [6, 6.07) is 9.03. The summed E-state index contributed by atoms with van der Waals surface area (Å²) in [6.07, 6.45) is 4.47. The van der Waals surface area contributed by atoms with E-state index >= 15 is 0 Å². The lowest BCUT2D eigenvalue weighted by molar-refractivity contribution is -0.0592. The summed E-state index contributed by atoms with van der Waals surface area (Å²) in [7, 11) is 0. The minimum atomic E-state index is -0.593. The third kappa shape index (κ3) is 6.01. The van der Waals surface area contributed by atoms with Crippen LogP contribution in [0.25, 0.3) is 11.0 Å². The Kier molecular flexibility index (Phi) is 8.18. The van der Waals surface area contributed by atoms with Gasteiger partial charge in [-0.1, -0.05) is 22.8 Å². The smallest absolute Gasteiger partial charge is 0.250 e. The van der Waals surface area contributed by atoms with Gasteiger partial charge in [-0.05, 0) is 62.7 Å². The SMILES string of the molecule is NC(=NO)c1cc2nc(CN3CCC(c4ccc(F)c(OCc5ccc(Cl)cc5F)n4)CC3)n(CC3CCO3)c2cn1. The van der Waals surface area contributed by atoms with Crippen molar-refractivity contribution in [3.63, 3.8) is 0 Å². The molecule has 220 valence electrons. The Bertz CT molecular complexity index is 1620. The van der Waals surface area contributed by atoms with Crippen molar-refractivity contribution >= 4 is 28.5 Å². The minimum absolute atomic E-state index is 0.0718. The van der Waals surface area contributed by atoms with Crippen LogP contribution in [0.15, 0.2) is 47.8 Å². The average Bonchev–Trinajstić information content (AvgIpc) is 3.31. The summed E-state index contributed by atoms with van der Waals surface area (Å²) in [5.41, 5.74) is 8.71. The van der Waals surface area contributed by atoms with Crippen LogP contribution in [0.4, 0.5) is 8.78 Å². The quantitative estimate of drug-likeness (QED) is 0.124. The number of pyridine rings is 2. The molecule has 2 aliphatic rings. The second-order valence-electron chi connectivity index (χ2n) is 10.6. The number of benzene rings is 1. The Balaban J connectivity index is 1.13. The van der Waals surface area contributed by atoms with Gasteiger partial charge in [0.1, 0.15) is 23.9 Å². The fraction of sp³-hybridized carbons (Fsp3) is 0.379. The number of hydrogen-bond acceptors (Lipinski definition) is 8. The zero-order chi connectivity index (χ0) is 29.2. The summed E-state index contributed by atoms with van der Waals surface area (Å²) in [6.45, 7) is 3.51. The van der Waals surface area contributed by atoms with Gasteiger partial charge >= 0.3 is 0 Å². The van der Waals surface area contributed by atoms with Gasteiger partial charge in [-0.15, -0.1) is 0 Å².